The van der Waals surface area contributed by atoms with Gasteiger partial charge in [-0.2, -0.15) is 11.8 Å². The third-order valence-electron chi connectivity index (χ3n) is 2.02. The second-order valence-electron chi connectivity index (χ2n) is 3.50. The highest BCUT2D eigenvalue weighted by Crippen LogP contribution is 2.02. The molecule has 0 amide bonds. The number of aliphatic hydroxyl groups is 2. The van der Waals surface area contributed by atoms with Crippen molar-refractivity contribution in [2.75, 3.05) is 31.8 Å². The molecule has 3 nitrogen and oxygen atoms in total. The highest BCUT2D eigenvalue weighted by atomic mass is 32.2. The Morgan fingerprint density at radius 2 is 1.85 bits per heavy atom. The van der Waals surface area contributed by atoms with Crippen molar-refractivity contribution in [3.05, 3.63) is 0 Å². The molecule has 0 heterocycles. The van der Waals surface area contributed by atoms with Gasteiger partial charge >= 0.3 is 0 Å². The van der Waals surface area contributed by atoms with Gasteiger partial charge in [-0.1, -0.05) is 0 Å². The van der Waals surface area contributed by atoms with Gasteiger partial charge in [0.05, 0.1) is 18.8 Å². The molecule has 0 bridgehead atoms. The average molecular weight is 207 g/mol. The van der Waals surface area contributed by atoms with Gasteiger partial charge in [-0.25, -0.2) is 0 Å². The Bertz CT molecular complexity index is 118. The molecule has 80 valence electrons. The highest BCUT2D eigenvalue weighted by molar-refractivity contribution is 7.98. The summed E-state index contributed by atoms with van der Waals surface area (Å²) in [6, 6.07) is 0. The molecule has 0 aromatic heterocycles. The van der Waals surface area contributed by atoms with Crippen LogP contribution in [0.1, 0.15) is 19.8 Å². The topological polar surface area (TPSA) is 52.5 Å². The van der Waals surface area contributed by atoms with Crippen LogP contribution < -0.4 is 5.32 Å². The zero-order chi connectivity index (χ0) is 10.2. The second kappa shape index (κ2) is 7.62. The maximum absolute atomic E-state index is 8.96. The first kappa shape index (κ1) is 13.2. The Kier molecular flexibility index (Phi) is 7.75. The van der Waals surface area contributed by atoms with Crippen LogP contribution in [0.2, 0.25) is 0 Å². The van der Waals surface area contributed by atoms with Crippen molar-refractivity contribution >= 4 is 11.8 Å². The molecule has 0 atom stereocenters. The lowest BCUT2D eigenvalue weighted by Gasteiger charge is -2.26. The Balaban J connectivity index is 3.39. The van der Waals surface area contributed by atoms with Crippen LogP contribution >= 0.6 is 11.8 Å². The van der Waals surface area contributed by atoms with E-state index in [1.165, 1.54) is 12.2 Å². The van der Waals surface area contributed by atoms with E-state index in [1.54, 1.807) is 0 Å². The fourth-order valence-corrected chi connectivity index (χ4v) is 1.42. The summed E-state index contributed by atoms with van der Waals surface area (Å²) in [5, 5.41) is 21.1. The summed E-state index contributed by atoms with van der Waals surface area (Å²) in [5.74, 6) is 1.18. The van der Waals surface area contributed by atoms with Crippen LogP contribution in [0.5, 0.6) is 0 Å². The van der Waals surface area contributed by atoms with Crippen LogP contribution in [-0.2, 0) is 0 Å². The molecule has 13 heavy (non-hydrogen) atoms. The van der Waals surface area contributed by atoms with Crippen molar-refractivity contribution in [2.45, 2.75) is 25.3 Å². The van der Waals surface area contributed by atoms with Gasteiger partial charge in [-0.15, -0.1) is 0 Å². The molecule has 0 radical (unpaired) electrons. The summed E-state index contributed by atoms with van der Waals surface area (Å²) in [6.45, 7) is 2.64. The van der Waals surface area contributed by atoms with Crippen LogP contribution in [0.4, 0.5) is 0 Å². The van der Waals surface area contributed by atoms with Gasteiger partial charge in [0.25, 0.3) is 0 Å². The molecule has 0 aliphatic heterocycles. The van der Waals surface area contributed by atoms with Crippen LogP contribution in [-0.4, -0.2) is 47.5 Å². The van der Waals surface area contributed by atoms with Crippen molar-refractivity contribution in [2.24, 2.45) is 0 Å². The smallest absolute Gasteiger partial charge is 0.0633 e. The molecule has 0 aliphatic rings. The highest BCUT2D eigenvalue weighted by Gasteiger charge is 2.20. The number of hydrogen-bond acceptors (Lipinski definition) is 4. The van der Waals surface area contributed by atoms with Crippen molar-refractivity contribution < 1.29 is 10.2 Å². The van der Waals surface area contributed by atoms with Gasteiger partial charge in [0.2, 0.25) is 0 Å². The van der Waals surface area contributed by atoms with Crippen molar-refractivity contribution in [1.29, 1.82) is 0 Å². The summed E-state index contributed by atoms with van der Waals surface area (Å²) >= 11 is 1.84. The molecule has 0 aromatic carbocycles. The second-order valence-corrected chi connectivity index (χ2v) is 4.49. The van der Waals surface area contributed by atoms with E-state index < -0.39 is 5.54 Å². The summed E-state index contributed by atoms with van der Waals surface area (Å²) < 4.78 is 0. The van der Waals surface area contributed by atoms with Crippen LogP contribution in [0, 0.1) is 0 Å². The van der Waals surface area contributed by atoms with Gasteiger partial charge in [-0.05, 0) is 38.3 Å². The molecule has 3 N–H and O–H groups in total. The first-order chi connectivity index (χ1) is 6.18. The first-order valence-corrected chi connectivity index (χ1v) is 6.03. The number of nitrogens with one attached hydrogen (secondary N) is 1. The first-order valence-electron chi connectivity index (χ1n) is 4.64. The number of thioether (sulfide) groups is 1. The normalized spacial score (nSPS) is 12.0. The summed E-state index contributed by atoms with van der Waals surface area (Å²) in [6.07, 6.45) is 4.37. The van der Waals surface area contributed by atoms with E-state index in [1.807, 2.05) is 18.7 Å². The third kappa shape index (κ3) is 6.32. The lowest BCUT2D eigenvalue weighted by Crippen LogP contribution is -2.49. The van der Waals surface area contributed by atoms with E-state index in [0.717, 1.165) is 13.0 Å². The predicted molar refractivity (Wildman–Crippen MR) is 58.2 cm³/mol. The number of unbranched alkanes of at least 4 members (excludes halogenated alkanes) is 1. The van der Waals surface area contributed by atoms with E-state index in [9.17, 15) is 0 Å². The van der Waals surface area contributed by atoms with Gasteiger partial charge in [0, 0.05) is 0 Å². The molecular weight excluding hydrogens is 186 g/mol. The summed E-state index contributed by atoms with van der Waals surface area (Å²) in [4.78, 5) is 0. The Labute approximate surface area is 84.9 Å². The molecule has 0 aromatic rings. The minimum Gasteiger partial charge on any atom is -0.394 e. The molecule has 0 rings (SSSR count). The largest absolute Gasteiger partial charge is 0.394 e. The number of rotatable bonds is 8. The molecule has 4 heteroatoms. The van der Waals surface area contributed by atoms with Crippen LogP contribution in [0.15, 0.2) is 0 Å². The lowest BCUT2D eigenvalue weighted by atomic mass is 10.1. The molecule has 0 saturated carbocycles. The number of aliphatic hydroxyl groups excluding tert-OH is 2. The van der Waals surface area contributed by atoms with E-state index in [-0.39, 0.29) is 13.2 Å². The van der Waals surface area contributed by atoms with Crippen molar-refractivity contribution in [3.63, 3.8) is 0 Å². The maximum Gasteiger partial charge on any atom is 0.0633 e. The van der Waals surface area contributed by atoms with Crippen LogP contribution in [0.25, 0.3) is 0 Å². The Morgan fingerprint density at radius 3 is 2.31 bits per heavy atom. The van der Waals surface area contributed by atoms with Gasteiger partial charge in [0.1, 0.15) is 0 Å². The third-order valence-corrected chi connectivity index (χ3v) is 2.72. The van der Waals surface area contributed by atoms with E-state index in [4.69, 9.17) is 10.2 Å². The fourth-order valence-electron chi connectivity index (χ4n) is 0.923. The minimum atomic E-state index is -0.515. The standard InChI is InChI=1S/C9H21NO2S/c1-9(7-11,8-12)10-5-3-4-6-13-2/h10-12H,3-8H2,1-2H3. The van der Waals surface area contributed by atoms with E-state index >= 15 is 0 Å². The molecule has 0 unspecified atom stereocenters. The quantitative estimate of drug-likeness (QED) is 0.506. The summed E-state index contributed by atoms with van der Waals surface area (Å²) in [7, 11) is 0. The van der Waals surface area contributed by atoms with E-state index in [0.29, 0.717) is 0 Å². The summed E-state index contributed by atoms with van der Waals surface area (Å²) in [5.41, 5.74) is -0.515. The Hall–Kier alpha value is 0.230. The van der Waals surface area contributed by atoms with E-state index in [2.05, 4.69) is 11.6 Å². The van der Waals surface area contributed by atoms with Gasteiger partial charge in [0.15, 0.2) is 0 Å². The Morgan fingerprint density at radius 1 is 1.23 bits per heavy atom. The van der Waals surface area contributed by atoms with Crippen molar-refractivity contribution in [1.82, 2.24) is 5.32 Å². The zero-order valence-electron chi connectivity index (χ0n) is 8.55. The fraction of sp³-hybridized carbons (Fsp3) is 1.00. The molecule has 0 aliphatic carbocycles. The van der Waals surface area contributed by atoms with Gasteiger partial charge in [-0.3, -0.25) is 0 Å². The molecular formula is C9H21NO2S. The minimum absolute atomic E-state index is 0.0218. The molecule has 0 saturated heterocycles. The average Bonchev–Trinajstić information content (AvgIpc) is 2.17. The van der Waals surface area contributed by atoms with Crippen LogP contribution in [0.3, 0.4) is 0 Å². The number of hydrogen-bond donors (Lipinski definition) is 3. The van der Waals surface area contributed by atoms with Gasteiger partial charge < -0.3 is 15.5 Å². The predicted octanol–water partition coefficient (Wildman–Crippen LogP) is 0.462. The molecule has 0 spiro atoms. The monoisotopic (exact) mass is 207 g/mol. The van der Waals surface area contributed by atoms with Crippen molar-refractivity contribution in [3.8, 4) is 0 Å². The lowest BCUT2D eigenvalue weighted by molar-refractivity contribution is 0.104. The maximum atomic E-state index is 8.96. The zero-order valence-corrected chi connectivity index (χ0v) is 9.36. The molecule has 0 fully saturated rings. The SMILES string of the molecule is CSCCCCNC(C)(CO)CO.